The van der Waals surface area contributed by atoms with Crippen LogP contribution >= 0.6 is 0 Å². The first kappa shape index (κ1) is 37.2. The number of carbonyl (C=O) groups excluding carboxylic acids is 4. The van der Waals surface area contributed by atoms with Crippen LogP contribution in [0.3, 0.4) is 0 Å². The molecule has 2 aromatic rings. The predicted molar refractivity (Wildman–Crippen MR) is 189 cm³/mol. The average molecular weight is 739 g/mol. The molecule has 0 aromatic heterocycles. The average Bonchev–Trinajstić information content (AvgIpc) is 4.02. The number of unbranched alkanes of at least 4 members (excludes halogenated alkanes) is 3. The molecule has 0 spiro atoms. The van der Waals surface area contributed by atoms with E-state index in [1.54, 1.807) is 12.1 Å². The van der Waals surface area contributed by atoms with Gasteiger partial charge in [0, 0.05) is 30.1 Å². The summed E-state index contributed by atoms with van der Waals surface area (Å²) in [5.41, 5.74) is -0.180. The lowest BCUT2D eigenvalue weighted by molar-refractivity contribution is -0.140. The van der Waals surface area contributed by atoms with E-state index in [1.807, 2.05) is 6.08 Å². The molecular formula is C38H44F2N4O7S. The summed E-state index contributed by atoms with van der Waals surface area (Å²) >= 11 is 0. The van der Waals surface area contributed by atoms with Gasteiger partial charge in [0.15, 0.2) is 0 Å². The van der Waals surface area contributed by atoms with E-state index in [1.165, 1.54) is 46.2 Å². The molecule has 3 amide bonds. The molecule has 2 heterocycles. The number of nitrogens with one attached hydrogen (secondary N) is 2. The molecule has 2 unspecified atom stereocenters. The maximum atomic E-state index is 14.4. The monoisotopic (exact) mass is 738 g/mol. The van der Waals surface area contributed by atoms with Gasteiger partial charge in [-0.2, -0.15) is 0 Å². The smallest absolute Gasteiger partial charge is 0.410 e. The van der Waals surface area contributed by atoms with Crippen LogP contribution in [-0.4, -0.2) is 76.8 Å². The Hall–Kier alpha value is -4.59. The number of carbonyl (C=O) groups is 4. The second-order valence-corrected chi connectivity index (χ2v) is 16.3. The minimum atomic E-state index is -4.16. The second kappa shape index (κ2) is 15.2. The predicted octanol–water partition coefficient (Wildman–Crippen LogP) is 5.17. The Morgan fingerprint density at radius 3 is 2.42 bits per heavy atom. The first-order valence-electron chi connectivity index (χ1n) is 17.8. The van der Waals surface area contributed by atoms with E-state index >= 15 is 0 Å². The van der Waals surface area contributed by atoms with Crippen LogP contribution in [0.15, 0.2) is 67.8 Å². The normalized spacial score (nSPS) is 24.1. The summed E-state index contributed by atoms with van der Waals surface area (Å²) in [6.45, 7) is 7.43. The van der Waals surface area contributed by atoms with Crippen LogP contribution in [0, 0.1) is 17.6 Å². The number of allylic oxidation sites excluding steroid dienone is 1. The number of likely N-dealkylation sites (tertiary alicyclic amines) is 1. The molecule has 278 valence electrons. The van der Waals surface area contributed by atoms with Crippen molar-refractivity contribution in [1.82, 2.24) is 15.1 Å². The fourth-order valence-electron chi connectivity index (χ4n) is 7.21. The Morgan fingerprint density at radius 1 is 1.02 bits per heavy atom. The number of amides is 3. The van der Waals surface area contributed by atoms with Crippen molar-refractivity contribution in [3.63, 3.8) is 0 Å². The van der Waals surface area contributed by atoms with Crippen molar-refractivity contribution in [1.29, 1.82) is 0 Å². The molecule has 0 radical (unpaired) electrons. The molecule has 2 aromatic carbocycles. The Labute approximate surface area is 302 Å². The fourth-order valence-corrected chi connectivity index (χ4v) is 9.06. The second-order valence-electron chi connectivity index (χ2n) is 14.2. The number of hydrogen-bond acceptors (Lipinski definition) is 8. The van der Waals surface area contributed by atoms with Crippen molar-refractivity contribution in [2.45, 2.75) is 99.9 Å². The van der Waals surface area contributed by atoms with Crippen LogP contribution in [0.25, 0.3) is 0 Å². The number of anilines is 1. The molecule has 2 aliphatic heterocycles. The molecule has 14 heteroatoms. The fraction of sp³-hybridized carbons (Fsp3) is 0.474. The summed E-state index contributed by atoms with van der Waals surface area (Å²) in [7, 11) is -4.16. The van der Waals surface area contributed by atoms with Gasteiger partial charge in [-0.1, -0.05) is 37.1 Å². The highest BCUT2D eigenvalue weighted by Crippen LogP contribution is 2.48. The highest BCUT2D eigenvalue weighted by molar-refractivity contribution is 8.07. The third kappa shape index (κ3) is 7.76. The van der Waals surface area contributed by atoms with Gasteiger partial charge < -0.3 is 20.3 Å². The molecule has 1 saturated heterocycles. The summed E-state index contributed by atoms with van der Waals surface area (Å²) < 4.78 is 60.1. The highest BCUT2D eigenvalue weighted by atomic mass is 32.2. The minimum absolute atomic E-state index is 0.00131. The summed E-state index contributed by atoms with van der Waals surface area (Å²) in [6, 6.07) is 8.04. The van der Waals surface area contributed by atoms with Crippen LogP contribution in [0.4, 0.5) is 19.3 Å². The van der Waals surface area contributed by atoms with Gasteiger partial charge in [0.1, 0.15) is 35.4 Å². The lowest BCUT2D eigenvalue weighted by Gasteiger charge is -2.30. The van der Waals surface area contributed by atoms with E-state index in [4.69, 9.17) is 4.74 Å². The van der Waals surface area contributed by atoms with E-state index in [0.717, 1.165) is 19.3 Å². The largest absolute Gasteiger partial charge is 0.444 e. The number of nitrogens with zero attached hydrogens (tertiary/aromatic N) is 2. The van der Waals surface area contributed by atoms with Gasteiger partial charge in [-0.05, 0) is 74.4 Å². The standard InChI is InChI=1S/C38H44F2N4O7S/c1-3-5-6-7-8-12-32(41-27-15-13-26(39)14-16-27)35(46)44-22-28(51-37(48)43-21-24-10-9-11-31(40)30(24)23-43)19-33(44)34(45)42-38(20-25(38)4-2)36(47)52(49,50)29-17-18-29/h3-4,9-11,13-16,25,28-29,32-33,41H,1-2,5-8,12,17-23H2,(H,42,45)/t25?,28-,32+,33+,38?/m1/s1. The van der Waals surface area contributed by atoms with Crippen LogP contribution in [0.2, 0.25) is 0 Å². The Morgan fingerprint density at radius 2 is 1.77 bits per heavy atom. The molecule has 11 nitrogen and oxygen atoms in total. The minimum Gasteiger partial charge on any atom is -0.444 e. The van der Waals surface area contributed by atoms with Gasteiger partial charge in [-0.3, -0.25) is 19.3 Å². The molecule has 2 N–H and O–H groups in total. The summed E-state index contributed by atoms with van der Waals surface area (Å²) in [5, 5.41) is 4.04. The number of benzene rings is 2. The molecule has 2 saturated carbocycles. The molecular weight excluding hydrogens is 695 g/mol. The SMILES string of the molecule is C=CCCCCC[C@H](Nc1ccc(F)cc1)C(=O)N1C[C@H](OC(=O)N2Cc3cccc(F)c3C2)C[C@H]1C(=O)NC1(C(=O)S(=O)(=O)C2CC2)CC1C=C. The van der Waals surface area contributed by atoms with Crippen LogP contribution in [-0.2, 0) is 42.0 Å². The van der Waals surface area contributed by atoms with Gasteiger partial charge in [-0.25, -0.2) is 22.0 Å². The van der Waals surface area contributed by atoms with Crippen molar-refractivity contribution < 1.29 is 41.1 Å². The van der Waals surface area contributed by atoms with Crippen molar-refractivity contribution in [2.24, 2.45) is 5.92 Å². The van der Waals surface area contributed by atoms with Gasteiger partial charge in [0.2, 0.25) is 21.7 Å². The number of ether oxygens (including phenoxy) is 1. The van der Waals surface area contributed by atoms with Gasteiger partial charge in [0.25, 0.3) is 5.12 Å². The third-order valence-electron chi connectivity index (χ3n) is 10.4. The number of halogens is 2. The zero-order chi connectivity index (χ0) is 37.2. The highest BCUT2D eigenvalue weighted by Gasteiger charge is 2.65. The van der Waals surface area contributed by atoms with E-state index < -0.39 is 79.4 Å². The van der Waals surface area contributed by atoms with Crippen molar-refractivity contribution in [3.8, 4) is 0 Å². The maximum Gasteiger partial charge on any atom is 0.410 e. The molecule has 0 bridgehead atoms. The van der Waals surface area contributed by atoms with Crippen LogP contribution in [0.5, 0.6) is 0 Å². The van der Waals surface area contributed by atoms with E-state index in [0.29, 0.717) is 42.5 Å². The molecule has 4 aliphatic rings. The van der Waals surface area contributed by atoms with E-state index in [9.17, 15) is 36.4 Å². The molecule has 2 aliphatic carbocycles. The van der Waals surface area contributed by atoms with Crippen molar-refractivity contribution >= 4 is 38.5 Å². The number of fused-ring (bicyclic) bond motifs is 1. The number of hydrogen-bond donors (Lipinski definition) is 2. The molecule has 3 fully saturated rings. The summed E-state index contributed by atoms with van der Waals surface area (Å²) in [4.78, 5) is 58.1. The summed E-state index contributed by atoms with van der Waals surface area (Å²) in [5.74, 6) is -2.73. The zero-order valence-electron chi connectivity index (χ0n) is 28.9. The van der Waals surface area contributed by atoms with E-state index in [-0.39, 0.29) is 32.5 Å². The molecule has 5 atom stereocenters. The maximum absolute atomic E-state index is 14.4. The van der Waals surface area contributed by atoms with Crippen molar-refractivity contribution in [2.75, 3.05) is 11.9 Å². The van der Waals surface area contributed by atoms with Gasteiger partial charge in [0.05, 0.1) is 18.3 Å². The third-order valence-corrected chi connectivity index (χ3v) is 12.6. The lowest BCUT2D eigenvalue weighted by Crippen LogP contribution is -2.56. The van der Waals surface area contributed by atoms with Crippen LogP contribution < -0.4 is 10.6 Å². The van der Waals surface area contributed by atoms with Crippen LogP contribution in [0.1, 0.15) is 68.9 Å². The van der Waals surface area contributed by atoms with E-state index in [2.05, 4.69) is 23.8 Å². The van der Waals surface area contributed by atoms with Gasteiger partial charge in [-0.15, -0.1) is 13.2 Å². The molecule has 6 rings (SSSR count). The summed E-state index contributed by atoms with van der Waals surface area (Å²) in [6.07, 6.45) is 5.72. The quantitative estimate of drug-likeness (QED) is 0.189. The first-order chi connectivity index (χ1) is 24.9. The number of sulfone groups is 1. The first-order valence-corrected chi connectivity index (χ1v) is 19.3. The Balaban J connectivity index is 1.24. The number of rotatable bonds is 15. The topological polar surface area (TPSA) is 142 Å². The Kier molecular flexibility index (Phi) is 10.8. The lowest BCUT2D eigenvalue weighted by atomic mass is 10.0. The van der Waals surface area contributed by atoms with Crippen molar-refractivity contribution in [3.05, 3.63) is 90.5 Å². The zero-order valence-corrected chi connectivity index (χ0v) is 29.7. The Bertz CT molecular complexity index is 1850. The van der Waals surface area contributed by atoms with Gasteiger partial charge >= 0.3 is 6.09 Å². The molecule has 52 heavy (non-hydrogen) atoms.